The van der Waals surface area contributed by atoms with Crippen LogP contribution in [0.2, 0.25) is 0 Å². The van der Waals surface area contributed by atoms with Crippen LogP contribution in [-0.4, -0.2) is 18.7 Å². The fourth-order valence-corrected chi connectivity index (χ4v) is 5.10. The van der Waals surface area contributed by atoms with Crippen LogP contribution in [-0.2, 0) is 16.0 Å². The van der Waals surface area contributed by atoms with E-state index in [2.05, 4.69) is 25.1 Å². The van der Waals surface area contributed by atoms with E-state index in [1.54, 1.807) is 7.11 Å². The highest BCUT2D eigenvalue weighted by Crippen LogP contribution is 2.57. The molecular formula is C20H22O3. The molecule has 0 bridgehead atoms. The van der Waals surface area contributed by atoms with E-state index in [0.29, 0.717) is 12.3 Å². The minimum atomic E-state index is -0.421. The number of carbonyl (C=O) groups is 2. The first kappa shape index (κ1) is 14.7. The van der Waals surface area contributed by atoms with Gasteiger partial charge in [0.25, 0.3) is 0 Å². The molecule has 0 radical (unpaired) electrons. The Labute approximate surface area is 136 Å². The largest absolute Gasteiger partial charge is 0.497 e. The maximum absolute atomic E-state index is 12.5. The molecule has 3 heteroatoms. The van der Waals surface area contributed by atoms with E-state index in [1.807, 2.05) is 6.07 Å². The molecule has 1 aromatic rings. The van der Waals surface area contributed by atoms with Crippen molar-refractivity contribution < 1.29 is 14.3 Å². The highest BCUT2D eigenvalue weighted by atomic mass is 16.5. The minimum absolute atomic E-state index is 0.110. The van der Waals surface area contributed by atoms with E-state index in [-0.39, 0.29) is 17.5 Å². The lowest BCUT2D eigenvalue weighted by atomic mass is 9.58. The summed E-state index contributed by atoms with van der Waals surface area (Å²) in [6, 6.07) is 6.28. The average molecular weight is 310 g/mol. The van der Waals surface area contributed by atoms with Gasteiger partial charge in [-0.25, -0.2) is 0 Å². The lowest BCUT2D eigenvalue weighted by molar-refractivity contribution is -0.139. The Morgan fingerprint density at radius 2 is 2.13 bits per heavy atom. The van der Waals surface area contributed by atoms with Crippen molar-refractivity contribution in [2.24, 2.45) is 17.3 Å². The van der Waals surface area contributed by atoms with Crippen LogP contribution in [0.3, 0.4) is 0 Å². The van der Waals surface area contributed by atoms with Crippen LogP contribution in [0.1, 0.15) is 43.7 Å². The molecule has 0 aromatic heterocycles. The number of benzene rings is 1. The van der Waals surface area contributed by atoms with Gasteiger partial charge in [0.15, 0.2) is 5.78 Å². The zero-order valence-corrected chi connectivity index (χ0v) is 13.7. The molecule has 1 fully saturated rings. The number of carbonyl (C=O) groups excluding carboxylic acids is 2. The van der Waals surface area contributed by atoms with Gasteiger partial charge in [0.1, 0.15) is 5.75 Å². The molecule has 23 heavy (non-hydrogen) atoms. The number of fused-ring (bicyclic) bond motifs is 5. The molecule has 0 amide bonds. The molecule has 0 unspecified atom stereocenters. The molecule has 0 spiro atoms. The highest BCUT2D eigenvalue weighted by Gasteiger charge is 2.57. The van der Waals surface area contributed by atoms with E-state index < -0.39 is 5.41 Å². The summed E-state index contributed by atoms with van der Waals surface area (Å²) < 4.78 is 5.34. The van der Waals surface area contributed by atoms with Gasteiger partial charge in [-0.15, -0.1) is 0 Å². The van der Waals surface area contributed by atoms with Gasteiger partial charge in [-0.1, -0.05) is 19.1 Å². The maximum atomic E-state index is 12.5. The summed E-state index contributed by atoms with van der Waals surface area (Å²) in [7, 11) is 1.69. The molecule has 120 valence electrons. The smallest absolute Gasteiger partial charge is 0.205 e. The number of hydrogen-bond acceptors (Lipinski definition) is 3. The van der Waals surface area contributed by atoms with Crippen LogP contribution in [0.15, 0.2) is 24.3 Å². The second kappa shape index (κ2) is 5.05. The van der Waals surface area contributed by atoms with E-state index >= 15 is 0 Å². The van der Waals surface area contributed by atoms with Crippen molar-refractivity contribution in [2.45, 2.75) is 39.0 Å². The molecule has 3 aliphatic rings. The van der Waals surface area contributed by atoms with Gasteiger partial charge in [-0.05, 0) is 66.4 Å². The number of hydrogen-bond donors (Lipinski definition) is 0. The summed E-state index contributed by atoms with van der Waals surface area (Å²) in [6.07, 6.45) is 6.20. The molecule has 0 aliphatic heterocycles. The Hall–Kier alpha value is -1.90. The van der Waals surface area contributed by atoms with E-state index in [1.165, 1.54) is 16.7 Å². The minimum Gasteiger partial charge on any atom is -0.497 e. The van der Waals surface area contributed by atoms with Gasteiger partial charge in [0.2, 0.25) is 5.78 Å². The molecule has 1 saturated carbocycles. The van der Waals surface area contributed by atoms with Gasteiger partial charge in [0, 0.05) is 11.8 Å². The van der Waals surface area contributed by atoms with Crippen molar-refractivity contribution in [3.05, 3.63) is 35.4 Å². The number of Topliss-reactive ketones (excluding diaryl/α,β-unsaturated/α-hetero) is 2. The standard InChI is InChI=1S/C20H22O3/c1-3-20-9-8-15-14-7-5-13(23-2)10-12(14)4-6-16(15)17(20)11-18(21)19(20)22/h5,7-8,10,16-17H,3-4,6,9,11H2,1-2H3/t16-,17-,20+/m0/s1. The molecule has 1 aromatic carbocycles. The number of aryl methyl sites for hydroxylation is 1. The first-order valence-corrected chi connectivity index (χ1v) is 8.55. The van der Waals surface area contributed by atoms with Gasteiger partial charge < -0.3 is 4.74 Å². The van der Waals surface area contributed by atoms with Crippen molar-refractivity contribution in [1.82, 2.24) is 0 Å². The topological polar surface area (TPSA) is 43.4 Å². The van der Waals surface area contributed by atoms with E-state index in [4.69, 9.17) is 4.74 Å². The first-order chi connectivity index (χ1) is 11.1. The van der Waals surface area contributed by atoms with Gasteiger partial charge in [-0.2, -0.15) is 0 Å². The number of methoxy groups -OCH3 is 1. The number of ether oxygens (including phenoxy) is 1. The third-order valence-corrected chi connectivity index (χ3v) is 6.37. The Kier molecular flexibility index (Phi) is 3.22. The predicted molar refractivity (Wildman–Crippen MR) is 88.2 cm³/mol. The second-order valence-corrected chi connectivity index (χ2v) is 7.10. The van der Waals surface area contributed by atoms with Gasteiger partial charge in [0.05, 0.1) is 7.11 Å². The summed E-state index contributed by atoms with van der Waals surface area (Å²) in [4.78, 5) is 24.6. The van der Waals surface area contributed by atoms with Crippen LogP contribution < -0.4 is 4.74 Å². The maximum Gasteiger partial charge on any atom is 0.205 e. The predicted octanol–water partition coefficient (Wildman–Crippen LogP) is 3.60. The molecule has 0 N–H and O–H groups in total. The lowest BCUT2D eigenvalue weighted by Gasteiger charge is -2.44. The fourth-order valence-electron chi connectivity index (χ4n) is 5.10. The molecule has 0 saturated heterocycles. The zero-order chi connectivity index (χ0) is 16.2. The van der Waals surface area contributed by atoms with Crippen molar-refractivity contribution in [1.29, 1.82) is 0 Å². The number of ketones is 2. The number of rotatable bonds is 2. The van der Waals surface area contributed by atoms with Crippen molar-refractivity contribution >= 4 is 17.1 Å². The van der Waals surface area contributed by atoms with Gasteiger partial charge >= 0.3 is 0 Å². The molecule has 0 heterocycles. The Balaban J connectivity index is 1.79. The first-order valence-electron chi connectivity index (χ1n) is 8.55. The van der Waals surface area contributed by atoms with Crippen molar-refractivity contribution in [3.8, 4) is 5.75 Å². The highest BCUT2D eigenvalue weighted by molar-refractivity contribution is 6.41. The quantitative estimate of drug-likeness (QED) is 0.784. The van der Waals surface area contributed by atoms with Gasteiger partial charge in [-0.3, -0.25) is 9.59 Å². The Morgan fingerprint density at radius 3 is 2.87 bits per heavy atom. The van der Waals surface area contributed by atoms with E-state index in [9.17, 15) is 9.59 Å². The third kappa shape index (κ3) is 1.89. The summed E-state index contributed by atoms with van der Waals surface area (Å²) in [5.74, 6) is 1.18. The molecular weight excluding hydrogens is 288 g/mol. The number of allylic oxidation sites excluding steroid dienone is 2. The van der Waals surface area contributed by atoms with Crippen molar-refractivity contribution in [3.63, 3.8) is 0 Å². The molecule has 3 atom stereocenters. The van der Waals surface area contributed by atoms with Crippen LogP contribution >= 0.6 is 0 Å². The fraction of sp³-hybridized carbons (Fsp3) is 0.500. The van der Waals surface area contributed by atoms with Crippen LogP contribution in [0.5, 0.6) is 5.75 Å². The second-order valence-electron chi connectivity index (χ2n) is 7.10. The summed E-state index contributed by atoms with van der Waals surface area (Å²) in [5, 5.41) is 0. The summed E-state index contributed by atoms with van der Waals surface area (Å²) >= 11 is 0. The Morgan fingerprint density at radius 1 is 1.30 bits per heavy atom. The molecule has 3 aliphatic carbocycles. The van der Waals surface area contributed by atoms with Crippen molar-refractivity contribution in [2.75, 3.05) is 7.11 Å². The monoisotopic (exact) mass is 310 g/mol. The summed E-state index contributed by atoms with van der Waals surface area (Å²) in [6.45, 7) is 2.06. The normalized spacial score (nSPS) is 32.0. The van der Waals surface area contributed by atoms with E-state index in [0.717, 1.165) is 31.4 Å². The molecule has 3 nitrogen and oxygen atoms in total. The average Bonchev–Trinajstić information content (AvgIpc) is 2.85. The third-order valence-electron chi connectivity index (χ3n) is 6.37. The Bertz CT molecular complexity index is 730. The SMILES string of the molecule is CC[C@@]12CC=C3c4ccc(OC)cc4CC[C@@H]3[C@@H]1CC(=O)C2=O. The molecule has 4 rings (SSSR count). The zero-order valence-electron chi connectivity index (χ0n) is 13.7. The lowest BCUT2D eigenvalue weighted by Crippen LogP contribution is -2.40. The summed E-state index contributed by atoms with van der Waals surface area (Å²) in [5.41, 5.74) is 3.55. The van der Waals surface area contributed by atoms with Crippen LogP contribution in [0.4, 0.5) is 0 Å². The van der Waals surface area contributed by atoms with Crippen LogP contribution in [0, 0.1) is 17.3 Å². The van der Waals surface area contributed by atoms with Crippen LogP contribution in [0.25, 0.3) is 5.57 Å².